The Balaban J connectivity index is 1.56. The van der Waals surface area contributed by atoms with Crippen LogP contribution in [0.5, 0.6) is 5.88 Å². The summed E-state index contributed by atoms with van der Waals surface area (Å²) < 4.78 is 11.3. The van der Waals surface area contributed by atoms with Crippen LogP contribution in [0.25, 0.3) is 11.3 Å². The van der Waals surface area contributed by atoms with Crippen LogP contribution >= 0.6 is 0 Å². The molecule has 0 bridgehead atoms. The van der Waals surface area contributed by atoms with Gasteiger partial charge in [-0.05, 0) is 58.6 Å². The summed E-state index contributed by atoms with van der Waals surface area (Å²) in [5.41, 5.74) is 8.69. The molecule has 1 amide bonds. The van der Waals surface area contributed by atoms with E-state index in [0.717, 1.165) is 16.8 Å². The third-order valence-electron chi connectivity index (χ3n) is 5.99. The molecule has 1 saturated carbocycles. The molecule has 3 heterocycles. The molecule has 0 aromatic carbocycles. The van der Waals surface area contributed by atoms with Gasteiger partial charge in [0.1, 0.15) is 23.8 Å². The summed E-state index contributed by atoms with van der Waals surface area (Å²) in [6, 6.07) is 3.84. The van der Waals surface area contributed by atoms with Crippen LogP contribution < -0.4 is 10.5 Å². The van der Waals surface area contributed by atoms with Gasteiger partial charge in [0.05, 0.1) is 23.1 Å². The van der Waals surface area contributed by atoms with Crippen molar-refractivity contribution in [3.63, 3.8) is 0 Å². The Morgan fingerprint density at radius 3 is 2.66 bits per heavy atom. The Morgan fingerprint density at radius 2 is 2.00 bits per heavy atom. The minimum atomic E-state index is -0.696. The van der Waals surface area contributed by atoms with E-state index >= 15 is 0 Å². The second-order valence-electron chi connectivity index (χ2n) is 8.62. The van der Waals surface area contributed by atoms with E-state index in [1.54, 1.807) is 6.20 Å². The number of primary amides is 1. The van der Waals surface area contributed by atoms with Crippen molar-refractivity contribution >= 4 is 5.91 Å². The van der Waals surface area contributed by atoms with Crippen LogP contribution in [0.1, 0.15) is 71.7 Å². The van der Waals surface area contributed by atoms with E-state index < -0.39 is 11.5 Å². The minimum Gasteiger partial charge on any atom is -0.471 e. The summed E-state index contributed by atoms with van der Waals surface area (Å²) >= 11 is 0. The van der Waals surface area contributed by atoms with E-state index in [1.807, 2.05) is 32.9 Å². The molecule has 3 N–H and O–H groups in total. The molecule has 1 aliphatic rings. The molecule has 3 aromatic heterocycles. The van der Waals surface area contributed by atoms with E-state index in [9.17, 15) is 9.90 Å². The maximum absolute atomic E-state index is 11.9. The molecule has 0 spiro atoms. The fourth-order valence-electron chi connectivity index (χ4n) is 3.99. The summed E-state index contributed by atoms with van der Waals surface area (Å²) in [5.74, 6) is 0.286. The van der Waals surface area contributed by atoms with Crippen molar-refractivity contribution in [3.05, 3.63) is 52.9 Å². The van der Waals surface area contributed by atoms with Crippen LogP contribution in [0.3, 0.4) is 0 Å². The van der Waals surface area contributed by atoms with Crippen LogP contribution in [-0.2, 0) is 6.61 Å². The third-order valence-corrected chi connectivity index (χ3v) is 5.99. The normalized spacial score (nSPS) is 20.8. The number of aromatic nitrogens is 4. The number of amides is 1. The molecule has 0 radical (unpaired) electrons. The summed E-state index contributed by atoms with van der Waals surface area (Å²) in [6.45, 7) is 5.73. The minimum absolute atomic E-state index is 0.0136. The number of aliphatic hydroxyl groups is 1. The van der Waals surface area contributed by atoms with E-state index in [4.69, 9.17) is 15.0 Å². The highest BCUT2D eigenvalue weighted by molar-refractivity contribution is 5.92. The zero-order valence-electron chi connectivity index (χ0n) is 18.5. The van der Waals surface area contributed by atoms with Gasteiger partial charge in [-0.3, -0.25) is 9.78 Å². The Bertz CT molecular complexity index is 1110. The zero-order chi connectivity index (χ0) is 22.9. The van der Waals surface area contributed by atoms with Crippen LogP contribution in [-0.4, -0.2) is 36.7 Å². The second kappa shape index (κ2) is 8.66. The fraction of sp³-hybridized carbons (Fsp3) is 0.435. The summed E-state index contributed by atoms with van der Waals surface area (Å²) in [5, 5.41) is 14.4. The largest absolute Gasteiger partial charge is 0.471 e. The smallest absolute Gasteiger partial charge is 0.269 e. The van der Waals surface area contributed by atoms with Gasteiger partial charge in [0.2, 0.25) is 5.88 Å². The molecular weight excluding hydrogens is 410 g/mol. The summed E-state index contributed by atoms with van der Waals surface area (Å²) in [6.07, 6.45) is 5.78. The van der Waals surface area contributed by atoms with Gasteiger partial charge in [-0.15, -0.1) is 0 Å². The first-order valence-electron chi connectivity index (χ1n) is 10.6. The molecule has 32 heavy (non-hydrogen) atoms. The van der Waals surface area contributed by atoms with E-state index in [2.05, 4.69) is 20.1 Å². The van der Waals surface area contributed by atoms with E-state index in [1.165, 1.54) is 6.20 Å². The fourth-order valence-corrected chi connectivity index (χ4v) is 3.99. The first-order valence-corrected chi connectivity index (χ1v) is 10.6. The maximum Gasteiger partial charge on any atom is 0.269 e. The van der Waals surface area contributed by atoms with E-state index in [-0.39, 0.29) is 24.1 Å². The van der Waals surface area contributed by atoms with Crippen molar-refractivity contribution in [2.45, 2.75) is 64.6 Å². The number of aryl methyl sites for hydroxylation is 2. The quantitative estimate of drug-likeness (QED) is 0.599. The number of nitrogens with zero attached hydrogens (tertiary/aromatic N) is 4. The molecule has 0 saturated heterocycles. The lowest BCUT2D eigenvalue weighted by Crippen LogP contribution is -2.31. The van der Waals surface area contributed by atoms with Crippen molar-refractivity contribution in [1.82, 2.24) is 20.1 Å². The van der Waals surface area contributed by atoms with Crippen LogP contribution in [0.4, 0.5) is 0 Å². The number of hydrogen-bond acceptors (Lipinski definition) is 8. The third kappa shape index (κ3) is 4.62. The molecule has 9 nitrogen and oxygen atoms in total. The maximum atomic E-state index is 11.9. The number of ether oxygens (including phenoxy) is 1. The molecular formula is C23H27N5O4. The predicted octanol–water partition coefficient (Wildman–Crippen LogP) is 3.23. The topological polar surface area (TPSA) is 137 Å². The monoisotopic (exact) mass is 437 g/mol. The lowest BCUT2D eigenvalue weighted by atomic mass is 9.78. The Morgan fingerprint density at radius 1 is 1.25 bits per heavy atom. The van der Waals surface area contributed by atoms with Crippen LogP contribution in [0.2, 0.25) is 0 Å². The molecule has 1 aliphatic carbocycles. The van der Waals surface area contributed by atoms with Crippen molar-refractivity contribution < 1.29 is 19.2 Å². The summed E-state index contributed by atoms with van der Waals surface area (Å²) in [7, 11) is 0. The molecule has 4 rings (SSSR count). The van der Waals surface area contributed by atoms with Gasteiger partial charge < -0.3 is 20.1 Å². The van der Waals surface area contributed by atoms with Crippen LogP contribution in [0.15, 0.2) is 29.0 Å². The molecule has 3 aromatic rings. The van der Waals surface area contributed by atoms with Crippen molar-refractivity contribution in [2.75, 3.05) is 0 Å². The molecule has 1 fully saturated rings. The summed E-state index contributed by atoms with van der Waals surface area (Å²) in [4.78, 5) is 25.0. The lowest BCUT2D eigenvalue weighted by Gasteiger charge is -2.33. The number of carbonyl (C=O) groups is 1. The number of nitrogens with two attached hydrogens (primary N) is 1. The average molecular weight is 438 g/mol. The first-order chi connectivity index (χ1) is 15.2. The van der Waals surface area contributed by atoms with Gasteiger partial charge in [0, 0.05) is 23.4 Å². The number of hydrogen-bond donors (Lipinski definition) is 2. The number of carbonyl (C=O) groups excluding carboxylic acids is 1. The predicted molar refractivity (Wildman–Crippen MR) is 116 cm³/mol. The highest BCUT2D eigenvalue weighted by atomic mass is 16.5. The molecule has 0 atom stereocenters. The van der Waals surface area contributed by atoms with Gasteiger partial charge in [0.25, 0.3) is 5.91 Å². The standard InChI is InChI=1S/C23H27N5O4/c1-13-4-5-16(10-25-13)19-17(14(2)32-28-19)12-31-18-11-26-21(22(24)29)20(27-18)15-6-8-23(3,30)9-7-15/h4-5,10-11,15,30H,6-9,12H2,1-3H3,(H2,24,29). The van der Waals surface area contributed by atoms with Gasteiger partial charge in [0.15, 0.2) is 0 Å². The van der Waals surface area contributed by atoms with Gasteiger partial charge in [-0.1, -0.05) is 5.16 Å². The number of rotatable bonds is 6. The lowest BCUT2D eigenvalue weighted by molar-refractivity contribution is 0.0167. The Hall–Kier alpha value is -3.33. The average Bonchev–Trinajstić information content (AvgIpc) is 3.13. The van der Waals surface area contributed by atoms with Gasteiger partial charge >= 0.3 is 0 Å². The van der Waals surface area contributed by atoms with Crippen molar-refractivity contribution in [3.8, 4) is 17.1 Å². The molecule has 168 valence electrons. The Labute approximate surface area is 186 Å². The Kier molecular flexibility index (Phi) is 5.92. The number of pyridine rings is 1. The SMILES string of the molecule is Cc1ccc(-c2noc(C)c2COc2cnc(C(N)=O)c(C3CCC(C)(O)CC3)n2)cn1. The van der Waals surface area contributed by atoms with Crippen molar-refractivity contribution in [1.29, 1.82) is 0 Å². The zero-order valence-corrected chi connectivity index (χ0v) is 18.5. The van der Waals surface area contributed by atoms with Gasteiger partial charge in [-0.25, -0.2) is 9.97 Å². The molecule has 9 heteroatoms. The first kappa shape index (κ1) is 21.9. The highest BCUT2D eigenvalue weighted by Gasteiger charge is 2.32. The van der Waals surface area contributed by atoms with Crippen LogP contribution in [0, 0.1) is 13.8 Å². The highest BCUT2D eigenvalue weighted by Crippen LogP contribution is 2.38. The molecule has 0 aliphatic heterocycles. The van der Waals surface area contributed by atoms with Crippen molar-refractivity contribution in [2.24, 2.45) is 5.73 Å². The molecule has 0 unspecified atom stereocenters. The van der Waals surface area contributed by atoms with E-state index in [0.29, 0.717) is 42.8 Å². The second-order valence-corrected chi connectivity index (χ2v) is 8.62. The van der Waals surface area contributed by atoms with Gasteiger partial charge in [-0.2, -0.15) is 0 Å².